The Morgan fingerprint density at radius 3 is 3.00 bits per heavy atom. The minimum absolute atomic E-state index is 0.0904. The predicted molar refractivity (Wildman–Crippen MR) is 63.2 cm³/mol. The summed E-state index contributed by atoms with van der Waals surface area (Å²) in [6.45, 7) is 0.522. The SMILES string of the molecule is O=C(O)C1CCOC(c2cccc(Br)c2)C1. The lowest BCUT2D eigenvalue weighted by Gasteiger charge is -2.27. The number of halogens is 1. The Labute approximate surface area is 103 Å². The van der Waals surface area contributed by atoms with Crippen LogP contribution in [-0.2, 0) is 9.53 Å². The number of hydrogen-bond donors (Lipinski definition) is 1. The summed E-state index contributed by atoms with van der Waals surface area (Å²) in [5.41, 5.74) is 1.04. The third-order valence-corrected chi connectivity index (χ3v) is 3.35. The molecule has 0 spiro atoms. The van der Waals surface area contributed by atoms with E-state index in [2.05, 4.69) is 15.9 Å². The van der Waals surface area contributed by atoms with Gasteiger partial charge in [-0.1, -0.05) is 28.1 Å². The molecule has 0 amide bonds. The van der Waals surface area contributed by atoms with Crippen molar-refractivity contribution in [3.8, 4) is 0 Å². The Hall–Kier alpha value is -0.870. The summed E-state index contributed by atoms with van der Waals surface area (Å²) in [5.74, 6) is -0.999. The third-order valence-electron chi connectivity index (χ3n) is 2.85. The van der Waals surface area contributed by atoms with E-state index in [9.17, 15) is 4.79 Å². The van der Waals surface area contributed by atoms with E-state index in [1.54, 1.807) is 0 Å². The summed E-state index contributed by atoms with van der Waals surface area (Å²) >= 11 is 3.40. The highest BCUT2D eigenvalue weighted by atomic mass is 79.9. The third kappa shape index (κ3) is 2.62. The number of carbonyl (C=O) groups is 1. The fraction of sp³-hybridized carbons (Fsp3) is 0.417. The van der Waals surface area contributed by atoms with Gasteiger partial charge in [-0.3, -0.25) is 4.79 Å². The van der Waals surface area contributed by atoms with Crippen molar-refractivity contribution in [2.24, 2.45) is 5.92 Å². The minimum atomic E-state index is -0.719. The molecule has 1 aromatic rings. The summed E-state index contributed by atoms with van der Waals surface area (Å²) in [6, 6.07) is 7.84. The summed E-state index contributed by atoms with van der Waals surface area (Å²) in [5, 5.41) is 8.99. The first-order valence-corrected chi connectivity index (χ1v) is 6.06. The molecule has 0 aromatic heterocycles. The summed E-state index contributed by atoms with van der Waals surface area (Å²) < 4.78 is 6.61. The van der Waals surface area contributed by atoms with Crippen molar-refractivity contribution < 1.29 is 14.6 Å². The van der Waals surface area contributed by atoms with Crippen LogP contribution in [0.15, 0.2) is 28.7 Å². The predicted octanol–water partition coefficient (Wildman–Crippen LogP) is 3.00. The second-order valence-electron chi connectivity index (χ2n) is 3.97. The van der Waals surface area contributed by atoms with Crippen molar-refractivity contribution in [2.75, 3.05) is 6.61 Å². The largest absolute Gasteiger partial charge is 0.481 e. The highest BCUT2D eigenvalue weighted by Gasteiger charge is 2.28. The quantitative estimate of drug-likeness (QED) is 0.908. The number of rotatable bonds is 2. The molecule has 86 valence electrons. The van der Waals surface area contributed by atoms with Gasteiger partial charge in [0.05, 0.1) is 12.0 Å². The van der Waals surface area contributed by atoms with Gasteiger partial charge in [0, 0.05) is 11.1 Å². The lowest BCUT2D eigenvalue weighted by molar-refractivity contribution is -0.147. The Bertz CT molecular complexity index is 392. The van der Waals surface area contributed by atoms with E-state index >= 15 is 0 Å². The zero-order valence-electron chi connectivity index (χ0n) is 8.73. The van der Waals surface area contributed by atoms with Gasteiger partial charge in [0.2, 0.25) is 0 Å². The molecule has 0 saturated carbocycles. The maximum absolute atomic E-state index is 10.9. The average Bonchev–Trinajstić information content (AvgIpc) is 2.29. The number of benzene rings is 1. The summed E-state index contributed by atoms with van der Waals surface area (Å²) in [7, 11) is 0. The maximum Gasteiger partial charge on any atom is 0.306 e. The molecule has 1 saturated heterocycles. The van der Waals surface area contributed by atoms with Gasteiger partial charge >= 0.3 is 5.97 Å². The van der Waals surface area contributed by atoms with E-state index in [1.165, 1.54) is 0 Å². The maximum atomic E-state index is 10.9. The smallest absolute Gasteiger partial charge is 0.306 e. The van der Waals surface area contributed by atoms with Crippen molar-refractivity contribution in [1.82, 2.24) is 0 Å². The van der Waals surface area contributed by atoms with Crippen LogP contribution in [0, 0.1) is 5.92 Å². The fourth-order valence-corrected chi connectivity index (χ4v) is 2.38. The molecule has 1 fully saturated rings. The Morgan fingerprint density at radius 2 is 2.31 bits per heavy atom. The van der Waals surface area contributed by atoms with E-state index in [-0.39, 0.29) is 12.0 Å². The van der Waals surface area contributed by atoms with Crippen LogP contribution < -0.4 is 0 Å². The van der Waals surface area contributed by atoms with Crippen LogP contribution in [0.3, 0.4) is 0 Å². The highest BCUT2D eigenvalue weighted by Crippen LogP contribution is 2.32. The van der Waals surface area contributed by atoms with Crippen LogP contribution in [0.4, 0.5) is 0 Å². The average molecular weight is 285 g/mol. The first kappa shape index (κ1) is 11.6. The molecular formula is C12H13BrO3. The summed E-state index contributed by atoms with van der Waals surface area (Å²) in [4.78, 5) is 10.9. The fourth-order valence-electron chi connectivity index (χ4n) is 1.96. The van der Waals surface area contributed by atoms with Crippen molar-refractivity contribution in [2.45, 2.75) is 18.9 Å². The van der Waals surface area contributed by atoms with Gasteiger partial charge < -0.3 is 9.84 Å². The molecule has 2 rings (SSSR count). The van der Waals surface area contributed by atoms with E-state index in [0.717, 1.165) is 10.0 Å². The molecule has 1 heterocycles. The van der Waals surface area contributed by atoms with Crippen LogP contribution >= 0.6 is 15.9 Å². The lowest BCUT2D eigenvalue weighted by atomic mass is 9.92. The molecule has 16 heavy (non-hydrogen) atoms. The highest BCUT2D eigenvalue weighted by molar-refractivity contribution is 9.10. The standard InChI is InChI=1S/C12H13BrO3/c13-10-3-1-2-8(6-10)11-7-9(12(14)15)4-5-16-11/h1-3,6,9,11H,4-5,7H2,(H,14,15). The second-order valence-corrected chi connectivity index (χ2v) is 4.89. The first-order valence-electron chi connectivity index (χ1n) is 5.26. The molecule has 1 aromatic carbocycles. The zero-order chi connectivity index (χ0) is 11.5. The molecule has 3 nitrogen and oxygen atoms in total. The Balaban J connectivity index is 2.12. The van der Waals surface area contributed by atoms with Crippen molar-refractivity contribution in [3.63, 3.8) is 0 Å². The molecule has 0 aliphatic carbocycles. The number of carboxylic acids is 1. The Kier molecular flexibility index (Phi) is 3.61. The zero-order valence-corrected chi connectivity index (χ0v) is 10.3. The van der Waals surface area contributed by atoms with E-state index in [1.807, 2.05) is 24.3 Å². The van der Waals surface area contributed by atoms with Crippen molar-refractivity contribution in [3.05, 3.63) is 34.3 Å². The van der Waals surface area contributed by atoms with Gasteiger partial charge in [-0.25, -0.2) is 0 Å². The lowest BCUT2D eigenvalue weighted by Crippen LogP contribution is -2.25. The first-order chi connectivity index (χ1) is 7.66. The van der Waals surface area contributed by atoms with Gasteiger partial charge in [0.1, 0.15) is 0 Å². The number of aliphatic carboxylic acids is 1. The molecular weight excluding hydrogens is 272 g/mol. The molecule has 0 radical (unpaired) electrons. The van der Waals surface area contributed by atoms with Crippen LogP contribution in [0.2, 0.25) is 0 Å². The van der Waals surface area contributed by atoms with Gasteiger partial charge in [-0.05, 0) is 30.5 Å². The van der Waals surface area contributed by atoms with Gasteiger partial charge in [0.15, 0.2) is 0 Å². The van der Waals surface area contributed by atoms with Crippen molar-refractivity contribution in [1.29, 1.82) is 0 Å². The molecule has 2 unspecified atom stereocenters. The van der Waals surface area contributed by atoms with Gasteiger partial charge in [0.25, 0.3) is 0 Å². The van der Waals surface area contributed by atoms with E-state index in [0.29, 0.717) is 19.4 Å². The molecule has 2 atom stereocenters. The summed E-state index contributed by atoms with van der Waals surface area (Å²) in [6.07, 6.45) is 1.08. The number of ether oxygens (including phenoxy) is 1. The number of carboxylic acid groups (broad SMARTS) is 1. The topological polar surface area (TPSA) is 46.5 Å². The number of hydrogen-bond acceptors (Lipinski definition) is 2. The monoisotopic (exact) mass is 284 g/mol. The molecule has 1 aliphatic rings. The Morgan fingerprint density at radius 1 is 1.50 bits per heavy atom. The van der Waals surface area contributed by atoms with E-state index < -0.39 is 5.97 Å². The van der Waals surface area contributed by atoms with E-state index in [4.69, 9.17) is 9.84 Å². The minimum Gasteiger partial charge on any atom is -0.481 e. The molecule has 1 aliphatic heterocycles. The van der Waals surface area contributed by atoms with Gasteiger partial charge in [-0.2, -0.15) is 0 Å². The molecule has 0 bridgehead atoms. The molecule has 1 N–H and O–H groups in total. The molecule has 4 heteroatoms. The van der Waals surface area contributed by atoms with Crippen LogP contribution in [-0.4, -0.2) is 17.7 Å². The second kappa shape index (κ2) is 4.97. The van der Waals surface area contributed by atoms with Crippen LogP contribution in [0.1, 0.15) is 24.5 Å². The normalized spacial score (nSPS) is 25.3. The van der Waals surface area contributed by atoms with Crippen LogP contribution in [0.25, 0.3) is 0 Å². The van der Waals surface area contributed by atoms with Crippen LogP contribution in [0.5, 0.6) is 0 Å². The van der Waals surface area contributed by atoms with Crippen molar-refractivity contribution >= 4 is 21.9 Å². The van der Waals surface area contributed by atoms with Gasteiger partial charge in [-0.15, -0.1) is 0 Å².